The standard InChI is InChI=1S/C34H38F3N9O10/c1-3-11-52-13-15-54-17-18-55-16-14-53-12-10-26-45-44-25(56-26)9-8-24(31(49)51-2)41-29(47)21-4-6-23(7-5-21)46(32(50)34(35,36)37)20-22-19-39-28-27(40-22)30(48)43-33(38)42-28/h1,4-7,19,24H,8-18,20H2,2H3,(H,41,47)(H3,38,39,42,43,48)/t24-/m0/s1. The van der Waals surface area contributed by atoms with Gasteiger partial charge in [0.1, 0.15) is 12.6 Å². The molecule has 0 bridgehead atoms. The predicted molar refractivity (Wildman–Crippen MR) is 187 cm³/mol. The number of nitrogen functional groups attached to an aromatic ring is 1. The van der Waals surface area contributed by atoms with Crippen LogP contribution >= 0.6 is 0 Å². The fourth-order valence-electron chi connectivity index (χ4n) is 4.75. The zero-order chi connectivity index (χ0) is 40.5. The van der Waals surface area contributed by atoms with Crippen molar-refractivity contribution >= 4 is 40.6 Å². The van der Waals surface area contributed by atoms with Gasteiger partial charge in [-0.15, -0.1) is 16.6 Å². The van der Waals surface area contributed by atoms with Crippen LogP contribution in [-0.4, -0.2) is 125 Å². The van der Waals surface area contributed by atoms with E-state index in [-0.39, 0.29) is 66.0 Å². The van der Waals surface area contributed by atoms with E-state index < -0.39 is 42.4 Å². The van der Waals surface area contributed by atoms with E-state index in [1.54, 1.807) is 0 Å². The van der Waals surface area contributed by atoms with Gasteiger partial charge in [0, 0.05) is 24.1 Å². The Labute approximate surface area is 317 Å². The molecule has 0 spiro atoms. The summed E-state index contributed by atoms with van der Waals surface area (Å²) in [5, 5.41) is 20.5. The first-order chi connectivity index (χ1) is 26.9. The minimum absolute atomic E-state index is 0.00145. The molecule has 3 heterocycles. The average molecular weight is 790 g/mol. The number of methoxy groups -OCH3 is 1. The van der Waals surface area contributed by atoms with Crippen molar-refractivity contribution in [3.05, 3.63) is 53.5 Å². The number of nitrogens with zero attached hydrogens (tertiary/aromatic N) is 7. The number of ether oxygens (including phenoxy) is 5. The number of hydrogen-bond acceptors (Lipinski definition) is 17. The Morgan fingerprint density at radius 1 is 0.946 bits per heavy atom. The first kappa shape index (κ1) is 42.7. The molecule has 0 aliphatic rings. The molecule has 4 aromatic rings. The Bertz CT molecular complexity index is 1960. The van der Waals surface area contributed by atoms with E-state index in [1.807, 2.05) is 0 Å². The zero-order valence-electron chi connectivity index (χ0n) is 30.0. The maximum Gasteiger partial charge on any atom is 0.471 e. The van der Waals surface area contributed by atoms with Gasteiger partial charge in [-0.05, 0) is 30.7 Å². The number of alkyl halides is 3. The molecule has 4 N–H and O–H groups in total. The third-order valence-electron chi connectivity index (χ3n) is 7.41. The summed E-state index contributed by atoms with van der Waals surface area (Å²) >= 11 is 0. The third-order valence-corrected chi connectivity index (χ3v) is 7.41. The van der Waals surface area contributed by atoms with E-state index in [0.29, 0.717) is 56.9 Å². The highest BCUT2D eigenvalue weighted by Gasteiger charge is 2.43. The Morgan fingerprint density at radius 3 is 2.20 bits per heavy atom. The summed E-state index contributed by atoms with van der Waals surface area (Å²) in [4.78, 5) is 53.8. The van der Waals surface area contributed by atoms with Crippen LogP contribution in [0.2, 0.25) is 0 Å². The fraction of sp³-hybridized carbons (Fsp3) is 0.441. The quantitative estimate of drug-likeness (QED) is 0.0577. The number of carbonyl (C=O) groups excluding carboxylic acids is 3. The van der Waals surface area contributed by atoms with Crippen LogP contribution in [-0.2, 0) is 52.7 Å². The van der Waals surface area contributed by atoms with Gasteiger partial charge in [0.25, 0.3) is 5.91 Å². The van der Waals surface area contributed by atoms with E-state index in [4.69, 9.17) is 40.3 Å². The Morgan fingerprint density at radius 2 is 1.57 bits per heavy atom. The van der Waals surface area contributed by atoms with Crippen LogP contribution < -0.4 is 16.0 Å². The largest absolute Gasteiger partial charge is 0.492 e. The summed E-state index contributed by atoms with van der Waals surface area (Å²) in [7, 11) is 1.13. The second-order valence-corrected chi connectivity index (χ2v) is 11.4. The lowest BCUT2D eigenvalue weighted by molar-refractivity contribution is -0.170. The number of esters is 1. The first-order valence-electron chi connectivity index (χ1n) is 16.8. The lowest BCUT2D eigenvalue weighted by atomic mass is 10.1. The van der Waals surface area contributed by atoms with Crippen molar-refractivity contribution in [3.63, 3.8) is 0 Å². The summed E-state index contributed by atoms with van der Waals surface area (Å²) in [5.74, 6) is -1.88. The molecule has 2 amide bonds. The molecule has 0 aliphatic heterocycles. The van der Waals surface area contributed by atoms with E-state index in [2.05, 4.69) is 41.4 Å². The van der Waals surface area contributed by atoms with E-state index in [9.17, 15) is 32.7 Å². The number of hydrogen-bond donors (Lipinski definition) is 3. The van der Waals surface area contributed by atoms with Gasteiger partial charge >= 0.3 is 18.1 Å². The summed E-state index contributed by atoms with van der Waals surface area (Å²) < 4.78 is 72.7. The molecule has 4 rings (SSSR count). The smallest absolute Gasteiger partial charge is 0.471 e. The molecule has 0 radical (unpaired) electrons. The molecule has 0 saturated heterocycles. The normalized spacial score (nSPS) is 11.9. The number of rotatable bonds is 22. The molecule has 0 saturated carbocycles. The molecule has 0 fully saturated rings. The molecular weight excluding hydrogens is 751 g/mol. The number of benzene rings is 1. The van der Waals surface area contributed by atoms with Crippen molar-refractivity contribution in [1.29, 1.82) is 0 Å². The third kappa shape index (κ3) is 13.1. The minimum atomic E-state index is -5.29. The van der Waals surface area contributed by atoms with Crippen LogP contribution in [0, 0.1) is 12.3 Å². The SMILES string of the molecule is C#CCOCCOCCOCCOCCc1nnc(CC[C@H](NC(=O)c2ccc(N(Cc3cnc4nc(N)nc(O)c4n3)C(=O)C(F)(F)F)cc2)C(=O)OC)o1. The van der Waals surface area contributed by atoms with Gasteiger partial charge in [0.15, 0.2) is 11.2 Å². The van der Waals surface area contributed by atoms with Gasteiger partial charge in [-0.1, -0.05) is 5.92 Å². The first-order valence-corrected chi connectivity index (χ1v) is 16.8. The number of aryl methyl sites for hydroxylation is 1. The number of nitrogens with two attached hydrogens (primary N) is 1. The van der Waals surface area contributed by atoms with Crippen molar-refractivity contribution < 1.29 is 60.8 Å². The Kier molecular flexibility index (Phi) is 16.1. The van der Waals surface area contributed by atoms with Gasteiger partial charge in [0.05, 0.1) is 71.8 Å². The molecule has 3 aromatic heterocycles. The van der Waals surface area contributed by atoms with Gasteiger partial charge in [-0.25, -0.2) is 14.8 Å². The van der Waals surface area contributed by atoms with Crippen LogP contribution in [0.5, 0.6) is 5.88 Å². The topological polar surface area (TPSA) is 249 Å². The number of halogens is 3. The molecular formula is C34H38F3N9O10. The van der Waals surface area contributed by atoms with E-state index >= 15 is 0 Å². The number of anilines is 2. The lowest BCUT2D eigenvalue weighted by Crippen LogP contribution is -2.42. The molecule has 1 aromatic carbocycles. The van der Waals surface area contributed by atoms with Crippen LogP contribution in [0.3, 0.4) is 0 Å². The molecule has 0 aliphatic carbocycles. The van der Waals surface area contributed by atoms with Gasteiger partial charge in [-0.3, -0.25) is 14.5 Å². The van der Waals surface area contributed by atoms with Crippen LogP contribution in [0.1, 0.15) is 34.3 Å². The number of nitrogens with one attached hydrogen (secondary N) is 1. The molecule has 19 nitrogen and oxygen atoms in total. The minimum Gasteiger partial charge on any atom is -0.492 e. The van der Waals surface area contributed by atoms with Crippen LogP contribution in [0.25, 0.3) is 11.2 Å². The second-order valence-electron chi connectivity index (χ2n) is 11.4. The number of fused-ring (bicyclic) bond motifs is 1. The Balaban J connectivity index is 1.27. The summed E-state index contributed by atoms with van der Waals surface area (Å²) in [6.45, 7) is 2.10. The van der Waals surface area contributed by atoms with Crippen molar-refractivity contribution in [2.75, 3.05) is 70.6 Å². The summed E-state index contributed by atoms with van der Waals surface area (Å²) in [6, 6.07) is 3.38. The van der Waals surface area contributed by atoms with Crippen molar-refractivity contribution in [2.45, 2.75) is 38.0 Å². The van der Waals surface area contributed by atoms with Gasteiger partial charge < -0.3 is 44.3 Å². The maximum absolute atomic E-state index is 13.6. The van der Waals surface area contributed by atoms with Crippen molar-refractivity contribution in [2.24, 2.45) is 0 Å². The van der Waals surface area contributed by atoms with Crippen molar-refractivity contribution in [1.82, 2.24) is 35.5 Å². The van der Waals surface area contributed by atoms with Crippen LogP contribution in [0.15, 0.2) is 34.9 Å². The predicted octanol–water partition coefficient (Wildman–Crippen LogP) is 1.33. The maximum atomic E-state index is 13.6. The molecule has 22 heteroatoms. The lowest BCUT2D eigenvalue weighted by Gasteiger charge is -2.24. The monoisotopic (exact) mass is 789 g/mol. The van der Waals surface area contributed by atoms with Gasteiger partial charge in [0.2, 0.25) is 23.6 Å². The average Bonchev–Trinajstić information content (AvgIpc) is 3.64. The molecule has 0 unspecified atom stereocenters. The van der Waals surface area contributed by atoms with Crippen molar-refractivity contribution in [3.8, 4) is 18.2 Å². The van der Waals surface area contributed by atoms with E-state index in [0.717, 1.165) is 25.4 Å². The fourth-order valence-corrected chi connectivity index (χ4v) is 4.75. The second kappa shape index (κ2) is 21.2. The van der Waals surface area contributed by atoms with E-state index in [1.165, 1.54) is 12.1 Å². The highest BCUT2D eigenvalue weighted by atomic mass is 19.4. The molecule has 300 valence electrons. The number of amides is 2. The Hall–Kier alpha value is -6.02. The number of aromatic hydroxyl groups is 1. The summed E-state index contributed by atoms with van der Waals surface area (Å²) in [6.07, 6.45) is 1.26. The summed E-state index contributed by atoms with van der Waals surface area (Å²) in [5.41, 5.74) is 4.66. The highest BCUT2D eigenvalue weighted by Crippen LogP contribution is 2.27. The highest BCUT2D eigenvalue weighted by molar-refractivity contribution is 5.99. The number of carbonyl (C=O) groups is 3. The number of aromatic nitrogens is 6. The molecule has 1 atom stereocenters. The van der Waals surface area contributed by atoms with Gasteiger partial charge in [-0.2, -0.15) is 23.1 Å². The van der Waals surface area contributed by atoms with Crippen LogP contribution in [0.4, 0.5) is 24.8 Å². The zero-order valence-corrected chi connectivity index (χ0v) is 30.0. The number of terminal acetylenes is 1. The molecule has 56 heavy (non-hydrogen) atoms.